The number of aryl methyl sites for hydroxylation is 1. The maximum absolute atomic E-state index is 12.3. The quantitative estimate of drug-likeness (QED) is 0.492. The number of rotatable bonds is 4. The number of carbonyl (C=O) groups excluding carboxylic acids is 1. The van der Waals surface area contributed by atoms with E-state index in [2.05, 4.69) is 15.5 Å². The van der Waals surface area contributed by atoms with Crippen LogP contribution in [0.1, 0.15) is 20.9 Å². The molecule has 0 aliphatic heterocycles. The van der Waals surface area contributed by atoms with E-state index >= 15 is 0 Å². The van der Waals surface area contributed by atoms with Crippen LogP contribution in [-0.4, -0.2) is 17.1 Å². The van der Waals surface area contributed by atoms with E-state index in [0.29, 0.717) is 21.3 Å². The van der Waals surface area contributed by atoms with Gasteiger partial charge in [0.15, 0.2) is 0 Å². The number of aromatic nitrogens is 1. The highest BCUT2D eigenvalue weighted by Gasteiger charge is 2.15. The monoisotopic (exact) mass is 389 g/mol. The highest BCUT2D eigenvalue weighted by molar-refractivity contribution is 7.15. The van der Waals surface area contributed by atoms with E-state index in [1.165, 1.54) is 17.6 Å². The van der Waals surface area contributed by atoms with Crippen LogP contribution in [-0.2, 0) is 0 Å². The van der Waals surface area contributed by atoms with Gasteiger partial charge in [0.05, 0.1) is 16.3 Å². The van der Waals surface area contributed by atoms with Crippen LogP contribution in [0.2, 0.25) is 10.0 Å². The lowest BCUT2D eigenvalue weighted by Gasteiger charge is -2.01. The molecule has 0 saturated carbocycles. The average molecular weight is 390 g/mol. The van der Waals surface area contributed by atoms with E-state index in [9.17, 15) is 4.79 Å². The average Bonchev–Trinajstić information content (AvgIpc) is 3.00. The summed E-state index contributed by atoms with van der Waals surface area (Å²) in [4.78, 5) is 17.6. The van der Waals surface area contributed by atoms with Gasteiger partial charge >= 0.3 is 0 Å². The summed E-state index contributed by atoms with van der Waals surface area (Å²) in [6.07, 6.45) is 1.42. The number of carbonyl (C=O) groups is 1. The summed E-state index contributed by atoms with van der Waals surface area (Å²) < 4.78 is 0. The Morgan fingerprint density at radius 1 is 1.12 bits per heavy atom. The van der Waals surface area contributed by atoms with Crippen molar-refractivity contribution in [3.05, 3.63) is 74.7 Å². The molecule has 0 spiro atoms. The number of nitrogens with zero attached hydrogens (tertiary/aromatic N) is 2. The number of halogens is 2. The van der Waals surface area contributed by atoms with Crippen LogP contribution >= 0.6 is 34.5 Å². The van der Waals surface area contributed by atoms with Gasteiger partial charge in [-0.1, -0.05) is 59.6 Å². The van der Waals surface area contributed by atoms with E-state index in [1.54, 1.807) is 18.2 Å². The molecule has 2 aromatic carbocycles. The molecule has 0 atom stereocenters. The Hall–Kier alpha value is -2.21. The van der Waals surface area contributed by atoms with Gasteiger partial charge in [0.1, 0.15) is 10.7 Å². The van der Waals surface area contributed by atoms with E-state index in [0.717, 1.165) is 15.4 Å². The highest BCUT2D eigenvalue weighted by atomic mass is 35.5. The Morgan fingerprint density at radius 3 is 2.48 bits per heavy atom. The Kier molecular flexibility index (Phi) is 5.48. The topological polar surface area (TPSA) is 54.4 Å². The lowest BCUT2D eigenvalue weighted by atomic mass is 10.2. The molecule has 4 nitrogen and oxygen atoms in total. The van der Waals surface area contributed by atoms with Crippen LogP contribution in [0.4, 0.5) is 0 Å². The minimum absolute atomic E-state index is 0.353. The third-order valence-corrected chi connectivity index (χ3v) is 5.07. The molecule has 0 radical (unpaired) electrons. The molecule has 1 heterocycles. The van der Waals surface area contributed by atoms with Gasteiger partial charge in [-0.2, -0.15) is 5.10 Å². The SMILES string of the molecule is Cc1sc(-c2ccccc2)nc1C(=O)N/N=C\c1c(Cl)cccc1Cl. The van der Waals surface area contributed by atoms with Gasteiger partial charge in [-0.25, -0.2) is 10.4 Å². The van der Waals surface area contributed by atoms with Crippen molar-refractivity contribution >= 4 is 46.7 Å². The minimum Gasteiger partial charge on any atom is -0.266 e. The fraction of sp³-hybridized carbons (Fsp3) is 0.0556. The summed E-state index contributed by atoms with van der Waals surface area (Å²) in [7, 11) is 0. The maximum Gasteiger partial charge on any atom is 0.291 e. The Bertz CT molecular complexity index is 918. The van der Waals surface area contributed by atoms with Gasteiger partial charge in [-0.3, -0.25) is 4.79 Å². The molecule has 0 aliphatic carbocycles. The number of benzene rings is 2. The van der Waals surface area contributed by atoms with Crippen LogP contribution < -0.4 is 5.43 Å². The molecular weight excluding hydrogens is 377 g/mol. The molecule has 0 unspecified atom stereocenters. The molecule has 1 aromatic heterocycles. The van der Waals surface area contributed by atoms with Crippen molar-refractivity contribution in [1.29, 1.82) is 0 Å². The first-order valence-electron chi connectivity index (χ1n) is 7.36. The first-order valence-corrected chi connectivity index (χ1v) is 8.94. The van der Waals surface area contributed by atoms with E-state index in [-0.39, 0.29) is 5.91 Å². The van der Waals surface area contributed by atoms with Crippen molar-refractivity contribution in [1.82, 2.24) is 10.4 Å². The standard InChI is InChI=1S/C18H13Cl2N3OS/c1-11-16(22-18(25-11)12-6-3-2-4-7-12)17(24)23-21-10-13-14(19)8-5-9-15(13)20/h2-10H,1H3,(H,23,24)/b21-10-. The molecule has 3 rings (SSSR count). The van der Waals surface area contributed by atoms with Crippen LogP contribution in [0.25, 0.3) is 10.6 Å². The molecule has 25 heavy (non-hydrogen) atoms. The number of thiazole rings is 1. The summed E-state index contributed by atoms with van der Waals surface area (Å²) in [5.74, 6) is -0.379. The lowest BCUT2D eigenvalue weighted by molar-refractivity contribution is 0.0950. The molecular formula is C18H13Cl2N3OS. The fourth-order valence-electron chi connectivity index (χ4n) is 2.15. The molecule has 0 aliphatic rings. The Morgan fingerprint density at radius 2 is 1.80 bits per heavy atom. The number of hydrazone groups is 1. The summed E-state index contributed by atoms with van der Waals surface area (Å²) in [6.45, 7) is 1.85. The zero-order valence-electron chi connectivity index (χ0n) is 13.2. The Labute approximate surface area is 159 Å². The molecule has 1 N–H and O–H groups in total. The number of nitrogens with one attached hydrogen (secondary N) is 1. The second kappa shape index (κ2) is 7.78. The molecule has 1 amide bonds. The molecule has 0 bridgehead atoms. The van der Waals surface area contributed by atoms with Crippen molar-refractivity contribution in [3.63, 3.8) is 0 Å². The third-order valence-electron chi connectivity index (χ3n) is 3.39. The predicted molar refractivity (Wildman–Crippen MR) is 104 cm³/mol. The van der Waals surface area contributed by atoms with Gasteiger partial charge in [-0.05, 0) is 19.1 Å². The van der Waals surface area contributed by atoms with Gasteiger partial charge in [0.2, 0.25) is 0 Å². The highest BCUT2D eigenvalue weighted by Crippen LogP contribution is 2.27. The van der Waals surface area contributed by atoms with Crippen molar-refractivity contribution in [2.24, 2.45) is 5.10 Å². The fourth-order valence-corrected chi connectivity index (χ4v) is 3.56. The molecule has 3 aromatic rings. The summed E-state index contributed by atoms with van der Waals surface area (Å²) in [5.41, 5.74) is 4.34. The van der Waals surface area contributed by atoms with E-state index < -0.39 is 0 Å². The van der Waals surface area contributed by atoms with Crippen LogP contribution in [0.3, 0.4) is 0 Å². The molecule has 0 saturated heterocycles. The minimum atomic E-state index is -0.379. The number of hydrogen-bond acceptors (Lipinski definition) is 4. The zero-order chi connectivity index (χ0) is 17.8. The number of hydrogen-bond donors (Lipinski definition) is 1. The predicted octanol–water partition coefficient (Wildman–Crippen LogP) is 5.19. The van der Waals surface area contributed by atoms with Crippen molar-refractivity contribution in [3.8, 4) is 10.6 Å². The summed E-state index contributed by atoms with van der Waals surface area (Å²) in [6, 6.07) is 14.9. The van der Waals surface area contributed by atoms with Crippen LogP contribution in [0.15, 0.2) is 53.6 Å². The van der Waals surface area contributed by atoms with Gasteiger partial charge in [0.25, 0.3) is 5.91 Å². The van der Waals surface area contributed by atoms with Crippen LogP contribution in [0.5, 0.6) is 0 Å². The third kappa shape index (κ3) is 4.07. The maximum atomic E-state index is 12.3. The van der Waals surface area contributed by atoms with Gasteiger partial charge < -0.3 is 0 Å². The Balaban J connectivity index is 1.76. The normalized spacial score (nSPS) is 11.0. The first-order chi connectivity index (χ1) is 12.1. The molecule has 0 fully saturated rings. The number of amides is 1. The van der Waals surface area contributed by atoms with Crippen molar-refractivity contribution in [2.45, 2.75) is 6.92 Å². The second-order valence-corrected chi connectivity index (χ2v) is 7.14. The van der Waals surface area contributed by atoms with Crippen molar-refractivity contribution in [2.75, 3.05) is 0 Å². The van der Waals surface area contributed by atoms with E-state index in [4.69, 9.17) is 23.2 Å². The van der Waals surface area contributed by atoms with Crippen LogP contribution in [0, 0.1) is 6.92 Å². The van der Waals surface area contributed by atoms with Gasteiger partial charge in [-0.15, -0.1) is 11.3 Å². The largest absolute Gasteiger partial charge is 0.291 e. The zero-order valence-corrected chi connectivity index (χ0v) is 15.5. The second-order valence-electron chi connectivity index (χ2n) is 5.12. The van der Waals surface area contributed by atoms with E-state index in [1.807, 2.05) is 37.3 Å². The summed E-state index contributed by atoms with van der Waals surface area (Å²) in [5, 5.41) is 5.65. The molecule has 126 valence electrons. The molecule has 7 heteroatoms. The first kappa shape index (κ1) is 17.6. The smallest absolute Gasteiger partial charge is 0.266 e. The summed E-state index contributed by atoms with van der Waals surface area (Å²) >= 11 is 13.6. The van der Waals surface area contributed by atoms with Crippen molar-refractivity contribution < 1.29 is 4.79 Å². The lowest BCUT2D eigenvalue weighted by Crippen LogP contribution is -2.19. The van der Waals surface area contributed by atoms with Gasteiger partial charge in [0, 0.05) is 16.0 Å².